The van der Waals surface area contributed by atoms with Gasteiger partial charge in [0.05, 0.1) is 22.9 Å². The van der Waals surface area contributed by atoms with Crippen LogP contribution in [0.2, 0.25) is 0 Å². The zero-order valence-corrected chi connectivity index (χ0v) is 25.0. The highest BCUT2D eigenvalue weighted by Crippen LogP contribution is 2.35. The Bertz CT molecular complexity index is 2130. The zero-order valence-electron chi connectivity index (χ0n) is 25.0. The molecule has 3 heterocycles. The molecule has 0 aliphatic rings. The minimum Gasteiger partial charge on any atom is -0.457 e. The first kappa shape index (κ1) is 27.6. The maximum atomic E-state index is 14.2. The molecule has 0 aliphatic carbocycles. The van der Waals surface area contributed by atoms with Gasteiger partial charge >= 0.3 is 0 Å². The first-order chi connectivity index (χ1) is 21.5. The largest absolute Gasteiger partial charge is 0.457 e. The molecule has 0 amide bonds. The first-order valence-electron chi connectivity index (χ1n) is 15.1. The number of fused-ring (bicyclic) bond motifs is 3. The predicted molar refractivity (Wildman–Crippen MR) is 176 cm³/mol. The molecule has 7 aromatic rings. The normalized spacial score (nSPS) is 12.2. The number of hydrogen-bond donors (Lipinski definition) is 0. The highest BCUT2D eigenvalue weighted by molar-refractivity contribution is 6.09. The third-order valence-corrected chi connectivity index (χ3v) is 8.40. The minimum atomic E-state index is -0.332. The Kier molecular flexibility index (Phi) is 7.18. The van der Waals surface area contributed by atoms with Gasteiger partial charge in [-0.3, -0.25) is 4.57 Å². The molecule has 0 bridgehead atoms. The average molecular weight is 581 g/mol. The van der Waals surface area contributed by atoms with Gasteiger partial charge in [0.25, 0.3) is 0 Å². The monoisotopic (exact) mass is 580 g/mol. The number of rotatable bonds is 8. The molecule has 1 atom stereocenters. The molecule has 7 rings (SSSR count). The minimum absolute atomic E-state index is 0.332. The van der Waals surface area contributed by atoms with Gasteiger partial charge in [0.15, 0.2) is 0 Å². The molecule has 0 N–H and O–H groups in total. The van der Waals surface area contributed by atoms with E-state index in [0.29, 0.717) is 23.2 Å². The maximum Gasteiger partial charge on any atom is 0.140 e. The summed E-state index contributed by atoms with van der Waals surface area (Å²) in [4.78, 5) is 4.47. The lowest BCUT2D eigenvalue weighted by molar-refractivity contribution is 0.483. The van der Waals surface area contributed by atoms with Crippen LogP contribution in [0.4, 0.5) is 4.39 Å². The number of halogens is 1. The van der Waals surface area contributed by atoms with Gasteiger partial charge in [-0.1, -0.05) is 62.7 Å². The van der Waals surface area contributed by atoms with E-state index in [1.807, 2.05) is 76.1 Å². The van der Waals surface area contributed by atoms with Crippen molar-refractivity contribution in [2.24, 2.45) is 5.92 Å². The van der Waals surface area contributed by atoms with Gasteiger partial charge in [-0.25, -0.2) is 14.1 Å². The second-order valence-corrected chi connectivity index (χ2v) is 11.5. The molecule has 0 saturated heterocycles. The van der Waals surface area contributed by atoms with E-state index in [9.17, 15) is 4.39 Å². The third kappa shape index (κ3) is 5.13. The van der Waals surface area contributed by atoms with E-state index in [4.69, 9.17) is 9.84 Å². The molecule has 44 heavy (non-hydrogen) atoms. The molecule has 4 aromatic carbocycles. The molecular weight excluding hydrogens is 547 g/mol. The van der Waals surface area contributed by atoms with Crippen LogP contribution in [0.25, 0.3) is 44.4 Å². The van der Waals surface area contributed by atoms with Crippen molar-refractivity contribution in [2.45, 2.75) is 33.6 Å². The van der Waals surface area contributed by atoms with Gasteiger partial charge < -0.3 is 4.74 Å². The average Bonchev–Trinajstić information content (AvgIpc) is 3.64. The molecule has 0 saturated carbocycles. The number of benzene rings is 4. The molecular formula is C38H33FN4O. The van der Waals surface area contributed by atoms with E-state index >= 15 is 0 Å². The van der Waals surface area contributed by atoms with Crippen molar-refractivity contribution in [3.8, 4) is 34.1 Å². The van der Waals surface area contributed by atoms with Crippen molar-refractivity contribution >= 4 is 21.8 Å². The Morgan fingerprint density at radius 2 is 1.66 bits per heavy atom. The molecule has 218 valence electrons. The highest BCUT2D eigenvalue weighted by atomic mass is 19.1. The molecule has 5 nitrogen and oxygen atoms in total. The molecule has 1 unspecified atom stereocenters. The van der Waals surface area contributed by atoms with E-state index in [1.165, 1.54) is 35.0 Å². The zero-order chi connectivity index (χ0) is 30.2. The summed E-state index contributed by atoms with van der Waals surface area (Å²) in [6, 6.07) is 31.4. The van der Waals surface area contributed by atoms with Crippen molar-refractivity contribution in [2.75, 3.05) is 0 Å². The summed E-state index contributed by atoms with van der Waals surface area (Å²) < 4.78 is 24.5. The fraction of sp³-hybridized carbons (Fsp3) is 0.158. The van der Waals surface area contributed by atoms with Crippen LogP contribution in [0.1, 0.15) is 31.4 Å². The molecule has 0 aliphatic heterocycles. The number of aromatic nitrogens is 4. The van der Waals surface area contributed by atoms with Crippen LogP contribution in [0.5, 0.6) is 11.5 Å². The van der Waals surface area contributed by atoms with Gasteiger partial charge in [-0.2, -0.15) is 5.10 Å². The second-order valence-electron chi connectivity index (χ2n) is 11.5. The number of aryl methyl sites for hydroxylation is 1. The lowest BCUT2D eigenvalue weighted by atomic mass is 9.90. The van der Waals surface area contributed by atoms with Gasteiger partial charge in [0.1, 0.15) is 23.1 Å². The van der Waals surface area contributed by atoms with Gasteiger partial charge in [-0.15, -0.1) is 0 Å². The topological polar surface area (TPSA) is 44.9 Å². The quantitative estimate of drug-likeness (QED) is 0.180. The predicted octanol–water partition coefficient (Wildman–Crippen LogP) is 9.86. The third-order valence-electron chi connectivity index (χ3n) is 8.40. The van der Waals surface area contributed by atoms with Crippen LogP contribution in [0.15, 0.2) is 116 Å². The number of hydrogen-bond acceptors (Lipinski definition) is 3. The lowest BCUT2D eigenvalue weighted by Gasteiger charge is -2.14. The fourth-order valence-electron chi connectivity index (χ4n) is 6.03. The van der Waals surface area contributed by atoms with Gasteiger partial charge in [0, 0.05) is 46.9 Å². The summed E-state index contributed by atoms with van der Waals surface area (Å²) in [5, 5.41) is 6.84. The number of para-hydroxylation sites is 1. The summed E-state index contributed by atoms with van der Waals surface area (Å²) in [5.41, 5.74) is 7.74. The Balaban J connectivity index is 1.22. The summed E-state index contributed by atoms with van der Waals surface area (Å²) in [6.07, 6.45) is 7.72. The van der Waals surface area contributed by atoms with Crippen LogP contribution in [0.3, 0.4) is 0 Å². The Morgan fingerprint density at radius 1 is 0.841 bits per heavy atom. The molecule has 0 fully saturated rings. The smallest absolute Gasteiger partial charge is 0.140 e. The number of nitrogens with zero attached hydrogens (tertiary/aromatic N) is 4. The Morgan fingerprint density at radius 3 is 2.52 bits per heavy atom. The van der Waals surface area contributed by atoms with Crippen molar-refractivity contribution in [1.82, 2.24) is 19.3 Å². The van der Waals surface area contributed by atoms with Crippen LogP contribution < -0.4 is 4.74 Å². The van der Waals surface area contributed by atoms with E-state index in [0.717, 1.165) is 45.9 Å². The number of ether oxygens (including phenoxy) is 1. The van der Waals surface area contributed by atoms with Crippen molar-refractivity contribution in [1.29, 1.82) is 0 Å². The number of pyridine rings is 1. The highest BCUT2D eigenvalue weighted by Gasteiger charge is 2.16. The maximum absolute atomic E-state index is 14.2. The van der Waals surface area contributed by atoms with E-state index in [1.54, 1.807) is 0 Å². The summed E-state index contributed by atoms with van der Waals surface area (Å²) in [7, 11) is 0. The van der Waals surface area contributed by atoms with Crippen LogP contribution in [-0.4, -0.2) is 19.3 Å². The summed E-state index contributed by atoms with van der Waals surface area (Å²) >= 11 is 0. The Labute approximate surface area is 256 Å². The molecule has 0 radical (unpaired) electrons. The molecule has 0 spiro atoms. The summed E-state index contributed by atoms with van der Waals surface area (Å²) in [6.45, 7) is 6.71. The van der Waals surface area contributed by atoms with Gasteiger partial charge in [0.2, 0.25) is 0 Å². The summed E-state index contributed by atoms with van der Waals surface area (Å²) in [5.74, 6) is 2.17. The first-order valence-corrected chi connectivity index (χ1v) is 15.1. The van der Waals surface area contributed by atoms with Crippen LogP contribution in [-0.2, 0) is 6.42 Å². The van der Waals surface area contributed by atoms with Crippen molar-refractivity contribution in [3.05, 3.63) is 133 Å². The van der Waals surface area contributed by atoms with Gasteiger partial charge in [-0.05, 0) is 72.4 Å². The Hall–Kier alpha value is -5.23. The lowest BCUT2D eigenvalue weighted by Crippen LogP contribution is -2.01. The standard InChI is InChI=1S/C38H33FN4O/c1-4-25(2)19-27-10-7-9-26(3)38(27)28-23-41-42(24-28)30-11-8-12-31(21-30)44-32-15-16-34-33-13-5-6-14-35(33)43(36(34)22-32)37-20-29(39)17-18-40-37/h5-18,20-25H,4,19H2,1-3H3. The second kappa shape index (κ2) is 11.5. The van der Waals surface area contributed by atoms with Crippen LogP contribution in [0, 0.1) is 18.7 Å². The SMILES string of the molecule is CCC(C)Cc1cccc(C)c1-c1cnn(-c2cccc(Oc3ccc4c5ccccc5n(-c5cc(F)ccn5)c4c3)c2)c1. The van der Waals surface area contributed by atoms with E-state index < -0.39 is 0 Å². The van der Waals surface area contributed by atoms with E-state index in [2.05, 4.69) is 56.2 Å². The van der Waals surface area contributed by atoms with Crippen LogP contribution >= 0.6 is 0 Å². The van der Waals surface area contributed by atoms with E-state index in [-0.39, 0.29) is 5.82 Å². The van der Waals surface area contributed by atoms with Crippen molar-refractivity contribution in [3.63, 3.8) is 0 Å². The molecule has 3 aromatic heterocycles. The molecule has 6 heteroatoms. The fourth-order valence-corrected chi connectivity index (χ4v) is 6.03. The van der Waals surface area contributed by atoms with Crippen molar-refractivity contribution < 1.29 is 9.13 Å².